The molecule has 0 aliphatic carbocycles. The smallest absolute Gasteiger partial charge is 0.226 e. The van der Waals surface area contributed by atoms with Crippen molar-refractivity contribution in [1.29, 1.82) is 0 Å². The summed E-state index contributed by atoms with van der Waals surface area (Å²) in [5, 5.41) is 3.94. The Morgan fingerprint density at radius 3 is 1.67 bits per heavy atom. The fourth-order valence-electron chi connectivity index (χ4n) is 4.50. The van der Waals surface area contributed by atoms with Gasteiger partial charge in [0.25, 0.3) is 0 Å². The van der Waals surface area contributed by atoms with Gasteiger partial charge in [0.1, 0.15) is 18.0 Å². The van der Waals surface area contributed by atoms with Crippen LogP contribution in [0.4, 0.5) is 5.82 Å². The molecule has 2 atom stereocenters. The van der Waals surface area contributed by atoms with Gasteiger partial charge in [0, 0.05) is 24.3 Å². The second-order valence-electron chi connectivity index (χ2n) is 12.7. The molecular formula is C28H41Cl3N10O2. The third-order valence-corrected chi connectivity index (χ3v) is 6.77. The number of rotatable bonds is 3. The topological polar surface area (TPSA) is 144 Å². The van der Waals surface area contributed by atoms with Gasteiger partial charge in [-0.3, -0.25) is 9.13 Å². The maximum absolute atomic E-state index is 6.08. The summed E-state index contributed by atoms with van der Waals surface area (Å²) in [5.41, 5.74) is 7.85. The molecule has 2 saturated heterocycles. The molecule has 0 spiro atoms. The van der Waals surface area contributed by atoms with E-state index in [4.69, 9.17) is 50.0 Å². The van der Waals surface area contributed by atoms with Gasteiger partial charge in [-0.05, 0) is 103 Å². The Bertz CT molecular complexity index is 1490. The molecular weight excluding hydrogens is 615 g/mol. The van der Waals surface area contributed by atoms with Gasteiger partial charge >= 0.3 is 0 Å². The second-order valence-corrected chi connectivity index (χ2v) is 13.7. The number of nitrogens with one attached hydrogen (secondary N) is 1. The third-order valence-electron chi connectivity index (χ3n) is 6.17. The van der Waals surface area contributed by atoms with E-state index < -0.39 is 0 Å². The second kappa shape index (κ2) is 14.2. The lowest BCUT2D eigenvalue weighted by Crippen LogP contribution is -2.27. The molecule has 6 rings (SSSR count). The molecule has 0 bridgehead atoms. The highest BCUT2D eigenvalue weighted by atomic mass is 35.5. The average molecular weight is 656 g/mol. The Kier molecular flexibility index (Phi) is 11.1. The summed E-state index contributed by atoms with van der Waals surface area (Å²) in [6.45, 7) is 13.6. The van der Waals surface area contributed by atoms with Crippen molar-refractivity contribution in [2.45, 2.75) is 104 Å². The minimum absolute atomic E-state index is 0. The number of fused-ring (bicyclic) bond motifs is 2. The summed E-state index contributed by atoms with van der Waals surface area (Å²) in [6.07, 6.45) is 9.80. The molecule has 0 amide bonds. The van der Waals surface area contributed by atoms with Gasteiger partial charge in [0.05, 0.1) is 12.7 Å². The van der Waals surface area contributed by atoms with Crippen molar-refractivity contribution < 1.29 is 9.47 Å². The zero-order valence-corrected chi connectivity index (χ0v) is 27.8. The SMILES string of the molecule is CC(C)(C)N.CC(C)(C)Nc1nc(Cl)nc2c1ncn2C1CCCCO1.Clc1nc(Cl)c2ncn(C3CCCCO3)c2n1. The highest BCUT2D eigenvalue weighted by Gasteiger charge is 2.23. The van der Waals surface area contributed by atoms with Gasteiger partial charge < -0.3 is 20.5 Å². The summed E-state index contributed by atoms with van der Waals surface area (Å²) in [7, 11) is 0. The Balaban J connectivity index is 0.000000173. The van der Waals surface area contributed by atoms with E-state index in [0.29, 0.717) is 22.6 Å². The molecule has 4 aromatic heterocycles. The molecule has 2 fully saturated rings. The molecule has 15 heteroatoms. The van der Waals surface area contributed by atoms with Crippen LogP contribution in [0, 0.1) is 0 Å². The summed E-state index contributed by atoms with van der Waals surface area (Å²) in [6, 6.07) is 0. The first-order valence-corrected chi connectivity index (χ1v) is 15.6. The summed E-state index contributed by atoms with van der Waals surface area (Å²) in [4.78, 5) is 25.3. The lowest BCUT2D eigenvalue weighted by molar-refractivity contribution is -0.0299. The quantitative estimate of drug-likeness (QED) is 0.175. The van der Waals surface area contributed by atoms with Crippen molar-refractivity contribution in [3.05, 3.63) is 28.4 Å². The number of ether oxygens (including phenoxy) is 2. The molecule has 2 aliphatic heterocycles. The van der Waals surface area contributed by atoms with E-state index in [2.05, 4.69) is 56.0 Å². The molecule has 4 aromatic rings. The molecule has 0 aromatic carbocycles. The Morgan fingerprint density at radius 1 is 0.744 bits per heavy atom. The van der Waals surface area contributed by atoms with Crippen LogP contribution in [0.3, 0.4) is 0 Å². The lowest BCUT2D eigenvalue weighted by Gasteiger charge is -2.24. The minimum atomic E-state index is -0.129. The first kappa shape index (κ1) is 33.5. The standard InChI is InChI=1S/C14H20ClN5O.C10H10Cl2N4O.C4H11N/c1-14(2,3)19-11-10-12(18-13(15)17-11)20(8-16-10)9-6-4-5-7-21-9;11-8-7-9(15-10(12)14-8)16(5-13-7)6-3-1-2-4-17-6;1-4(2,3)5/h8-9H,4-7H2,1-3H3,(H,17,18,19);5-6H,1-4H2;5H2,1-3H3. The van der Waals surface area contributed by atoms with Crippen LogP contribution in [-0.4, -0.2) is 63.3 Å². The Hall–Kier alpha value is -2.35. The Morgan fingerprint density at radius 2 is 1.21 bits per heavy atom. The number of nitrogens with zero attached hydrogens (tertiary/aromatic N) is 8. The van der Waals surface area contributed by atoms with Crippen molar-refractivity contribution in [2.24, 2.45) is 5.73 Å². The molecule has 0 saturated carbocycles. The number of aromatic nitrogens is 8. The van der Waals surface area contributed by atoms with Gasteiger partial charge in [-0.1, -0.05) is 11.6 Å². The predicted molar refractivity (Wildman–Crippen MR) is 171 cm³/mol. The fourth-order valence-corrected chi connectivity index (χ4v) is 5.08. The van der Waals surface area contributed by atoms with E-state index in [0.717, 1.165) is 57.3 Å². The number of imidazole rings is 2. The van der Waals surface area contributed by atoms with Crippen LogP contribution < -0.4 is 11.1 Å². The normalized spacial score (nSPS) is 19.4. The van der Waals surface area contributed by atoms with Crippen LogP contribution in [0.25, 0.3) is 22.3 Å². The van der Waals surface area contributed by atoms with Crippen LogP contribution in [-0.2, 0) is 9.47 Å². The zero-order valence-electron chi connectivity index (χ0n) is 25.6. The van der Waals surface area contributed by atoms with E-state index in [1.54, 1.807) is 12.7 Å². The van der Waals surface area contributed by atoms with E-state index >= 15 is 0 Å². The molecule has 6 heterocycles. The van der Waals surface area contributed by atoms with E-state index in [1.165, 1.54) is 0 Å². The predicted octanol–water partition coefficient (Wildman–Crippen LogP) is 6.97. The monoisotopic (exact) mass is 654 g/mol. The maximum Gasteiger partial charge on any atom is 0.226 e. The minimum Gasteiger partial charge on any atom is -0.363 e. The Labute approximate surface area is 267 Å². The number of halogens is 3. The molecule has 3 N–H and O–H groups in total. The van der Waals surface area contributed by atoms with Crippen LogP contribution >= 0.6 is 34.8 Å². The number of anilines is 1. The van der Waals surface area contributed by atoms with Gasteiger partial charge in [-0.2, -0.15) is 15.0 Å². The van der Waals surface area contributed by atoms with Crippen molar-refractivity contribution in [3.8, 4) is 0 Å². The van der Waals surface area contributed by atoms with Crippen molar-refractivity contribution >= 4 is 62.9 Å². The zero-order chi connectivity index (χ0) is 31.4. The van der Waals surface area contributed by atoms with Gasteiger partial charge in [-0.25, -0.2) is 15.0 Å². The molecule has 43 heavy (non-hydrogen) atoms. The van der Waals surface area contributed by atoms with Crippen LogP contribution in [0.1, 0.15) is 92.5 Å². The summed E-state index contributed by atoms with van der Waals surface area (Å²) in [5.74, 6) is 0.659. The summed E-state index contributed by atoms with van der Waals surface area (Å²) < 4.78 is 15.3. The van der Waals surface area contributed by atoms with Crippen LogP contribution in [0.5, 0.6) is 0 Å². The van der Waals surface area contributed by atoms with Gasteiger partial charge in [0.2, 0.25) is 10.6 Å². The van der Waals surface area contributed by atoms with Crippen molar-refractivity contribution in [1.82, 2.24) is 39.0 Å². The first-order chi connectivity index (χ1) is 20.2. The highest BCUT2D eigenvalue weighted by Crippen LogP contribution is 2.30. The third kappa shape index (κ3) is 9.57. The van der Waals surface area contributed by atoms with Gasteiger partial charge in [-0.15, -0.1) is 0 Å². The maximum atomic E-state index is 6.08. The van der Waals surface area contributed by atoms with E-state index in [1.807, 2.05) is 29.9 Å². The molecule has 12 nitrogen and oxygen atoms in total. The number of hydrogen-bond donors (Lipinski definition) is 2. The van der Waals surface area contributed by atoms with Crippen molar-refractivity contribution in [3.63, 3.8) is 0 Å². The molecule has 0 radical (unpaired) electrons. The fraction of sp³-hybridized carbons (Fsp3) is 0.643. The van der Waals surface area contributed by atoms with Crippen LogP contribution in [0.15, 0.2) is 12.7 Å². The average Bonchev–Trinajstić information content (AvgIpc) is 3.53. The lowest BCUT2D eigenvalue weighted by atomic mass is 10.1. The van der Waals surface area contributed by atoms with Crippen molar-refractivity contribution in [2.75, 3.05) is 18.5 Å². The van der Waals surface area contributed by atoms with Gasteiger partial charge in [0.15, 0.2) is 27.8 Å². The van der Waals surface area contributed by atoms with E-state index in [-0.39, 0.29) is 39.3 Å². The number of nitrogens with two attached hydrogens (primary N) is 1. The van der Waals surface area contributed by atoms with E-state index in [9.17, 15) is 0 Å². The number of hydrogen-bond acceptors (Lipinski definition) is 10. The first-order valence-electron chi connectivity index (χ1n) is 14.5. The largest absolute Gasteiger partial charge is 0.363 e. The molecule has 2 aliphatic rings. The molecule has 236 valence electrons. The van der Waals surface area contributed by atoms with Crippen LogP contribution in [0.2, 0.25) is 15.7 Å². The highest BCUT2D eigenvalue weighted by molar-refractivity contribution is 6.35. The summed E-state index contributed by atoms with van der Waals surface area (Å²) >= 11 is 17.8. The molecule has 2 unspecified atom stereocenters.